The minimum Gasteiger partial charge on any atom is -0.480 e. The SMILES string of the molecule is CCCC(CC(=O)NC(CO)C(=O)O)NC(=O)OCC1c2ccccc2-c2ccccc21. The molecule has 0 heterocycles. The lowest BCUT2D eigenvalue weighted by molar-refractivity contribution is -0.143. The maximum absolute atomic E-state index is 12.5. The molecular weight excluding hydrogens is 412 g/mol. The van der Waals surface area contributed by atoms with Crippen molar-refractivity contribution in [2.24, 2.45) is 0 Å². The van der Waals surface area contributed by atoms with Crippen LogP contribution in [0.4, 0.5) is 4.79 Å². The van der Waals surface area contributed by atoms with Crippen LogP contribution < -0.4 is 10.6 Å². The highest BCUT2D eigenvalue weighted by atomic mass is 16.5. The van der Waals surface area contributed by atoms with Gasteiger partial charge in [0.2, 0.25) is 5.91 Å². The number of fused-ring (bicyclic) bond motifs is 3. The molecule has 0 fully saturated rings. The van der Waals surface area contributed by atoms with Crippen molar-refractivity contribution in [3.63, 3.8) is 0 Å². The van der Waals surface area contributed by atoms with Gasteiger partial charge in [-0.15, -0.1) is 0 Å². The Bertz CT molecular complexity index is 931. The molecule has 0 aliphatic heterocycles. The molecule has 2 atom stereocenters. The maximum Gasteiger partial charge on any atom is 0.407 e. The first-order chi connectivity index (χ1) is 15.4. The van der Waals surface area contributed by atoms with Crippen molar-refractivity contribution in [3.8, 4) is 11.1 Å². The van der Waals surface area contributed by atoms with E-state index in [0.29, 0.717) is 12.8 Å². The van der Waals surface area contributed by atoms with E-state index in [9.17, 15) is 14.4 Å². The number of alkyl carbamates (subject to hydrolysis) is 1. The van der Waals surface area contributed by atoms with Gasteiger partial charge in [0, 0.05) is 18.4 Å². The van der Waals surface area contributed by atoms with Crippen LogP contribution in [0.1, 0.15) is 43.2 Å². The molecule has 2 amide bonds. The summed E-state index contributed by atoms with van der Waals surface area (Å²) in [5, 5.41) is 23.0. The van der Waals surface area contributed by atoms with Gasteiger partial charge in [-0.2, -0.15) is 0 Å². The van der Waals surface area contributed by atoms with E-state index in [1.54, 1.807) is 0 Å². The fraction of sp³-hybridized carbons (Fsp3) is 0.375. The molecule has 2 unspecified atom stereocenters. The van der Waals surface area contributed by atoms with Crippen LogP contribution in [0.15, 0.2) is 48.5 Å². The predicted molar refractivity (Wildman–Crippen MR) is 118 cm³/mol. The Labute approximate surface area is 186 Å². The number of carbonyl (C=O) groups excluding carboxylic acids is 2. The average molecular weight is 440 g/mol. The number of aliphatic hydroxyl groups excluding tert-OH is 1. The highest BCUT2D eigenvalue weighted by Gasteiger charge is 2.29. The van der Waals surface area contributed by atoms with Crippen molar-refractivity contribution >= 4 is 18.0 Å². The number of nitrogens with one attached hydrogen (secondary N) is 2. The predicted octanol–water partition coefficient (Wildman–Crippen LogP) is 2.65. The van der Waals surface area contributed by atoms with E-state index in [1.165, 1.54) is 0 Å². The number of aliphatic carboxylic acids is 1. The number of rotatable bonds is 10. The summed E-state index contributed by atoms with van der Waals surface area (Å²) in [5.74, 6) is -1.96. The highest BCUT2D eigenvalue weighted by Crippen LogP contribution is 2.44. The molecule has 2 aromatic rings. The Morgan fingerprint density at radius 1 is 1.00 bits per heavy atom. The molecule has 1 aliphatic carbocycles. The van der Waals surface area contributed by atoms with Crippen molar-refractivity contribution in [2.75, 3.05) is 13.2 Å². The zero-order chi connectivity index (χ0) is 23.1. The molecule has 170 valence electrons. The third-order valence-electron chi connectivity index (χ3n) is 5.55. The van der Waals surface area contributed by atoms with Gasteiger partial charge in [-0.05, 0) is 28.7 Å². The molecule has 8 heteroatoms. The first kappa shape index (κ1) is 23.3. The topological polar surface area (TPSA) is 125 Å². The molecule has 0 spiro atoms. The standard InChI is InChI=1S/C24H28N2O6/c1-2-7-15(12-22(28)26-21(13-27)23(29)30)25-24(31)32-14-20-18-10-5-3-8-16(18)17-9-4-6-11-19(17)20/h3-6,8-11,15,20-21,27H,2,7,12-14H2,1H3,(H,25,31)(H,26,28)(H,29,30). The number of hydrogen-bond acceptors (Lipinski definition) is 5. The number of ether oxygens (including phenoxy) is 1. The fourth-order valence-corrected chi connectivity index (χ4v) is 4.04. The molecule has 4 N–H and O–H groups in total. The van der Waals surface area contributed by atoms with Crippen LogP contribution in [0.25, 0.3) is 11.1 Å². The third kappa shape index (κ3) is 5.45. The lowest BCUT2D eigenvalue weighted by Gasteiger charge is -2.20. The molecule has 32 heavy (non-hydrogen) atoms. The molecule has 1 aliphatic rings. The number of carboxylic acids is 1. The Morgan fingerprint density at radius 3 is 2.12 bits per heavy atom. The van der Waals surface area contributed by atoms with Crippen LogP contribution >= 0.6 is 0 Å². The Hall–Kier alpha value is -3.39. The number of carbonyl (C=O) groups is 3. The van der Waals surface area contributed by atoms with Gasteiger partial charge in [0.1, 0.15) is 12.6 Å². The second kappa shape index (κ2) is 10.8. The van der Waals surface area contributed by atoms with Gasteiger partial charge >= 0.3 is 12.1 Å². The van der Waals surface area contributed by atoms with Gasteiger partial charge in [0.25, 0.3) is 0 Å². The van der Waals surface area contributed by atoms with Crippen LogP contribution in [0.3, 0.4) is 0 Å². The summed E-state index contributed by atoms with van der Waals surface area (Å²) in [4.78, 5) is 35.6. The normalized spacial score (nSPS) is 14.1. The molecular formula is C24H28N2O6. The van der Waals surface area contributed by atoms with Crippen molar-refractivity contribution < 1.29 is 29.3 Å². The van der Waals surface area contributed by atoms with E-state index in [4.69, 9.17) is 14.9 Å². The van der Waals surface area contributed by atoms with Crippen LogP contribution in [0.5, 0.6) is 0 Å². The molecule has 0 saturated heterocycles. The summed E-state index contributed by atoms with van der Waals surface area (Å²) in [7, 11) is 0. The van der Waals surface area contributed by atoms with Crippen LogP contribution in [-0.2, 0) is 14.3 Å². The molecule has 0 radical (unpaired) electrons. The Balaban J connectivity index is 1.59. The number of aliphatic hydroxyl groups is 1. The third-order valence-corrected chi connectivity index (χ3v) is 5.55. The fourth-order valence-electron chi connectivity index (χ4n) is 4.04. The quantitative estimate of drug-likeness (QED) is 0.450. The minimum atomic E-state index is -1.38. The number of amides is 2. The molecule has 0 aromatic heterocycles. The summed E-state index contributed by atoms with van der Waals surface area (Å²) in [5.41, 5.74) is 4.48. The van der Waals surface area contributed by atoms with Gasteiger partial charge in [0.15, 0.2) is 0 Å². The summed E-state index contributed by atoms with van der Waals surface area (Å²) < 4.78 is 5.52. The summed E-state index contributed by atoms with van der Waals surface area (Å²) >= 11 is 0. The zero-order valence-electron chi connectivity index (χ0n) is 17.9. The van der Waals surface area contributed by atoms with Crippen LogP contribution in [-0.4, -0.2) is 53.5 Å². The van der Waals surface area contributed by atoms with E-state index < -0.39 is 36.7 Å². The van der Waals surface area contributed by atoms with E-state index in [-0.39, 0.29) is 18.9 Å². The second-order valence-electron chi connectivity index (χ2n) is 7.80. The first-order valence-corrected chi connectivity index (χ1v) is 10.7. The summed E-state index contributed by atoms with van der Waals surface area (Å²) in [6, 6.07) is 14.2. The van der Waals surface area contributed by atoms with Crippen LogP contribution in [0.2, 0.25) is 0 Å². The smallest absolute Gasteiger partial charge is 0.407 e. The highest BCUT2D eigenvalue weighted by molar-refractivity contribution is 5.84. The molecule has 2 aromatic carbocycles. The van der Waals surface area contributed by atoms with Gasteiger partial charge in [-0.25, -0.2) is 9.59 Å². The second-order valence-corrected chi connectivity index (χ2v) is 7.80. The van der Waals surface area contributed by atoms with Gasteiger partial charge in [0.05, 0.1) is 6.61 Å². The monoisotopic (exact) mass is 440 g/mol. The van der Waals surface area contributed by atoms with Crippen molar-refractivity contribution in [1.82, 2.24) is 10.6 Å². The maximum atomic E-state index is 12.5. The largest absolute Gasteiger partial charge is 0.480 e. The zero-order valence-corrected chi connectivity index (χ0v) is 17.9. The molecule has 0 bridgehead atoms. The van der Waals surface area contributed by atoms with E-state index in [2.05, 4.69) is 22.8 Å². The van der Waals surface area contributed by atoms with E-state index in [1.807, 2.05) is 43.3 Å². The average Bonchev–Trinajstić information content (AvgIpc) is 3.10. The van der Waals surface area contributed by atoms with E-state index >= 15 is 0 Å². The van der Waals surface area contributed by atoms with Crippen molar-refractivity contribution in [3.05, 3.63) is 59.7 Å². The summed E-state index contributed by atoms with van der Waals surface area (Å²) in [6.07, 6.45) is 0.496. The number of hydrogen-bond donors (Lipinski definition) is 4. The Kier molecular flexibility index (Phi) is 7.83. The van der Waals surface area contributed by atoms with Gasteiger partial charge in [-0.1, -0.05) is 61.9 Å². The first-order valence-electron chi connectivity index (χ1n) is 10.7. The van der Waals surface area contributed by atoms with E-state index in [0.717, 1.165) is 22.3 Å². The lowest BCUT2D eigenvalue weighted by Crippen LogP contribution is -2.46. The minimum absolute atomic E-state index is 0.0676. The van der Waals surface area contributed by atoms with Gasteiger partial charge in [-0.3, -0.25) is 4.79 Å². The number of benzene rings is 2. The van der Waals surface area contributed by atoms with Crippen LogP contribution in [0, 0.1) is 0 Å². The lowest BCUT2D eigenvalue weighted by atomic mass is 9.98. The Morgan fingerprint density at radius 2 is 1.59 bits per heavy atom. The molecule has 3 rings (SSSR count). The summed E-state index contributed by atoms with van der Waals surface area (Å²) in [6.45, 7) is 1.37. The van der Waals surface area contributed by atoms with Gasteiger partial charge < -0.3 is 25.6 Å². The number of carboxylic acid groups (broad SMARTS) is 1. The molecule has 0 saturated carbocycles. The van der Waals surface area contributed by atoms with Crippen molar-refractivity contribution in [1.29, 1.82) is 0 Å². The molecule has 8 nitrogen and oxygen atoms in total. The van der Waals surface area contributed by atoms with Crippen molar-refractivity contribution in [2.45, 2.75) is 44.2 Å².